The minimum atomic E-state index is 0.00983. The second-order valence-corrected chi connectivity index (χ2v) is 24.7. The molecule has 0 aliphatic heterocycles. The molecule has 6 heteroatoms. The van der Waals surface area contributed by atoms with Crippen LogP contribution in [0.2, 0.25) is 0 Å². The Balaban J connectivity index is 0.784. The summed E-state index contributed by atoms with van der Waals surface area (Å²) in [6.45, 7) is 13.7. The van der Waals surface area contributed by atoms with Crippen LogP contribution in [0.4, 0.5) is 34.1 Å². The first-order valence-corrected chi connectivity index (χ1v) is 29.1. The summed E-state index contributed by atoms with van der Waals surface area (Å²) in [6, 6.07) is 92.7. The van der Waals surface area contributed by atoms with Crippen LogP contribution in [0.3, 0.4) is 0 Å². The van der Waals surface area contributed by atoms with Gasteiger partial charge in [-0.05, 0) is 166 Å². The fourth-order valence-electron chi connectivity index (χ4n) is 13.1. The van der Waals surface area contributed by atoms with Crippen molar-refractivity contribution in [1.29, 1.82) is 0 Å². The van der Waals surface area contributed by atoms with Crippen LogP contribution in [0.5, 0.6) is 0 Å². The number of furan rings is 2. The summed E-state index contributed by atoms with van der Waals surface area (Å²) in [5, 5.41) is 11.3. The van der Waals surface area contributed by atoms with Gasteiger partial charge in [-0.1, -0.05) is 151 Å². The predicted molar refractivity (Wildman–Crippen MR) is 354 cm³/mol. The number of anilines is 6. The Labute approximate surface area is 487 Å². The second kappa shape index (κ2) is 18.6. The zero-order valence-corrected chi connectivity index (χ0v) is 47.9. The van der Waals surface area contributed by atoms with E-state index >= 15 is 0 Å². The molecule has 6 nitrogen and oxygen atoms in total. The van der Waals surface area contributed by atoms with Crippen molar-refractivity contribution >= 4 is 132 Å². The van der Waals surface area contributed by atoms with E-state index < -0.39 is 0 Å². The van der Waals surface area contributed by atoms with Crippen molar-refractivity contribution in [1.82, 2.24) is 9.13 Å². The molecule has 4 heterocycles. The number of hydrogen-bond acceptors (Lipinski definition) is 4. The van der Waals surface area contributed by atoms with Crippen molar-refractivity contribution in [3.63, 3.8) is 0 Å². The Hall–Kier alpha value is -10.3. The van der Waals surface area contributed by atoms with Gasteiger partial charge in [0, 0.05) is 101 Å². The van der Waals surface area contributed by atoms with Crippen LogP contribution < -0.4 is 9.80 Å². The number of para-hydroxylation sites is 4. The van der Waals surface area contributed by atoms with E-state index in [2.05, 4.69) is 315 Å². The molecule has 0 fully saturated rings. The average molecular weight is 1090 g/mol. The maximum Gasteiger partial charge on any atom is 0.137 e. The average Bonchev–Trinajstić information content (AvgIpc) is 1.89. The molecule has 0 N–H and O–H groups in total. The van der Waals surface area contributed by atoms with Crippen molar-refractivity contribution in [2.75, 3.05) is 9.80 Å². The number of rotatable bonds is 8. The molecule has 12 aromatic carbocycles. The Kier molecular flexibility index (Phi) is 11.0. The van der Waals surface area contributed by atoms with Gasteiger partial charge in [-0.25, -0.2) is 0 Å². The Morgan fingerprint density at radius 3 is 1.04 bits per heavy atom. The minimum Gasteiger partial charge on any atom is -0.456 e. The summed E-state index contributed by atoms with van der Waals surface area (Å²) in [5.41, 5.74) is 19.2. The Morgan fingerprint density at radius 2 is 0.619 bits per heavy atom. The van der Waals surface area contributed by atoms with Crippen LogP contribution in [-0.2, 0) is 10.8 Å². The number of nitrogens with zero attached hydrogens (tertiary/aromatic N) is 4. The summed E-state index contributed by atoms with van der Waals surface area (Å²) in [7, 11) is 0. The molecule has 0 spiro atoms. The number of benzene rings is 12. The smallest absolute Gasteiger partial charge is 0.137 e. The highest BCUT2D eigenvalue weighted by molar-refractivity contribution is 6.17. The largest absolute Gasteiger partial charge is 0.456 e. The van der Waals surface area contributed by atoms with Gasteiger partial charge in [0.1, 0.15) is 22.3 Å². The van der Waals surface area contributed by atoms with Crippen LogP contribution >= 0.6 is 0 Å². The van der Waals surface area contributed by atoms with Crippen LogP contribution in [0, 0.1) is 0 Å². The van der Waals surface area contributed by atoms with Gasteiger partial charge in [-0.15, -0.1) is 0 Å². The van der Waals surface area contributed by atoms with E-state index in [1.165, 1.54) is 43.7 Å². The van der Waals surface area contributed by atoms with E-state index in [4.69, 9.17) is 8.83 Å². The molecule has 16 aromatic rings. The third-order valence-electron chi connectivity index (χ3n) is 17.3. The third-order valence-corrected chi connectivity index (χ3v) is 17.3. The molecule has 16 rings (SSSR count). The Morgan fingerprint density at radius 1 is 0.262 bits per heavy atom. The van der Waals surface area contributed by atoms with Crippen molar-refractivity contribution in [2.45, 2.75) is 52.4 Å². The fourth-order valence-corrected chi connectivity index (χ4v) is 13.1. The maximum absolute atomic E-state index is 6.89. The SMILES string of the molecule is CC(C)(C)c1cccc(-n2c3ccccc3c3ccc(N(c4ccccc4)c4ccc5c(c4)oc4cc6cc7c(cc6cc45)oc4cc(N(c5ccccc5)c5ccc6c8ccccc8n(-c8cccc(C(C)(C)C)c8)c6c5)ccc47)cc32)c1. The molecule has 404 valence electrons. The highest BCUT2D eigenvalue weighted by Gasteiger charge is 2.24. The molecule has 0 saturated carbocycles. The lowest BCUT2D eigenvalue weighted by Crippen LogP contribution is -2.11. The van der Waals surface area contributed by atoms with E-state index in [-0.39, 0.29) is 10.8 Å². The first-order chi connectivity index (χ1) is 40.9. The van der Waals surface area contributed by atoms with Gasteiger partial charge in [0.2, 0.25) is 0 Å². The van der Waals surface area contributed by atoms with Gasteiger partial charge in [0.05, 0.1) is 22.1 Å². The standard InChI is InChI=1S/C78H60N4O2/c1-77(2,3)51-19-17-25-55(43-51)81-69-29-15-13-27-61(69)63-35-31-57(45-71(63)81)79(53-21-9-7-10-22-53)59-33-37-65-67-39-49-42-74-68(40-50(49)41-73(67)83-75(65)47-59)66-38-34-60(48-76(66)84-74)80(54-23-11-8-12-24-54)58-32-36-64-62-28-14-16-30-70(62)82(72(64)46-58)56-26-18-20-52(44-56)78(4,5)6/h7-48H,1-6H3. The van der Waals surface area contributed by atoms with Crippen molar-refractivity contribution in [2.24, 2.45) is 0 Å². The minimum absolute atomic E-state index is 0.00983. The zero-order chi connectivity index (χ0) is 56.6. The van der Waals surface area contributed by atoms with Gasteiger partial charge in [-0.3, -0.25) is 0 Å². The van der Waals surface area contributed by atoms with Crippen molar-refractivity contribution in [3.8, 4) is 11.4 Å². The van der Waals surface area contributed by atoms with Gasteiger partial charge < -0.3 is 27.8 Å². The maximum atomic E-state index is 6.89. The lowest BCUT2D eigenvalue weighted by atomic mass is 9.87. The molecule has 0 unspecified atom stereocenters. The van der Waals surface area contributed by atoms with Gasteiger partial charge in [-0.2, -0.15) is 0 Å². The Bertz CT molecular complexity index is 4960. The highest BCUT2D eigenvalue weighted by Crippen LogP contribution is 2.46. The first-order valence-electron chi connectivity index (χ1n) is 29.1. The number of hydrogen-bond donors (Lipinski definition) is 0. The molecule has 4 aromatic heterocycles. The topological polar surface area (TPSA) is 42.6 Å². The van der Waals surface area contributed by atoms with E-state index in [0.29, 0.717) is 0 Å². The summed E-state index contributed by atoms with van der Waals surface area (Å²) in [5.74, 6) is 0. The van der Waals surface area contributed by atoms with E-state index in [1.807, 2.05) is 0 Å². The number of fused-ring (bicyclic) bond motifs is 13. The van der Waals surface area contributed by atoms with Crippen LogP contribution in [0.25, 0.3) is 110 Å². The molecule has 0 radical (unpaired) electrons. The molecular formula is C78H60N4O2. The molecule has 0 aliphatic carbocycles. The monoisotopic (exact) mass is 1080 g/mol. The summed E-state index contributed by atoms with van der Waals surface area (Å²) < 4.78 is 18.6. The van der Waals surface area contributed by atoms with Gasteiger partial charge in [0.15, 0.2) is 0 Å². The van der Waals surface area contributed by atoms with Gasteiger partial charge >= 0.3 is 0 Å². The molecular weight excluding hydrogens is 1020 g/mol. The lowest BCUT2D eigenvalue weighted by molar-refractivity contribution is 0.589. The summed E-state index contributed by atoms with van der Waals surface area (Å²) >= 11 is 0. The quantitative estimate of drug-likeness (QED) is 0.152. The highest BCUT2D eigenvalue weighted by atomic mass is 16.3. The molecule has 0 bridgehead atoms. The number of aromatic nitrogens is 2. The van der Waals surface area contributed by atoms with Crippen LogP contribution in [0.15, 0.2) is 264 Å². The van der Waals surface area contributed by atoms with Crippen molar-refractivity contribution < 1.29 is 8.83 Å². The molecule has 0 atom stereocenters. The molecule has 0 saturated heterocycles. The molecule has 0 amide bonds. The third kappa shape index (κ3) is 8.00. The predicted octanol–water partition coefficient (Wildman–Crippen LogP) is 22.4. The zero-order valence-electron chi connectivity index (χ0n) is 47.9. The molecule has 84 heavy (non-hydrogen) atoms. The fraction of sp³-hybridized carbons (Fsp3) is 0.103. The first kappa shape index (κ1) is 49.5. The van der Waals surface area contributed by atoms with E-state index in [9.17, 15) is 0 Å². The summed E-state index contributed by atoms with van der Waals surface area (Å²) in [6.07, 6.45) is 0. The second-order valence-electron chi connectivity index (χ2n) is 24.7. The van der Waals surface area contributed by atoms with E-state index in [0.717, 1.165) is 111 Å². The lowest BCUT2D eigenvalue weighted by Gasteiger charge is -2.26. The van der Waals surface area contributed by atoms with Crippen LogP contribution in [-0.4, -0.2) is 9.13 Å². The van der Waals surface area contributed by atoms with Crippen LogP contribution in [0.1, 0.15) is 52.7 Å². The molecule has 0 aliphatic rings. The van der Waals surface area contributed by atoms with E-state index in [1.54, 1.807) is 0 Å². The van der Waals surface area contributed by atoms with Crippen molar-refractivity contribution in [3.05, 3.63) is 266 Å². The summed E-state index contributed by atoms with van der Waals surface area (Å²) in [4.78, 5) is 4.68. The van der Waals surface area contributed by atoms with Gasteiger partial charge in [0.25, 0.3) is 0 Å². The normalized spacial score (nSPS) is 12.4.